The molecule has 1 saturated carbocycles. The molecule has 1 aromatic heterocycles. The SMILES string of the molecule is O=C(Nc1ccc(-n2cncn2)c(F)c1)[C@H]1C[C@H]1c1ccccc1C(F)(F)F. The molecule has 3 aromatic rings. The van der Waals surface area contributed by atoms with Crippen molar-refractivity contribution in [3.05, 3.63) is 72.1 Å². The lowest BCUT2D eigenvalue weighted by Crippen LogP contribution is -2.16. The molecule has 2 atom stereocenters. The molecule has 144 valence electrons. The lowest BCUT2D eigenvalue weighted by Gasteiger charge is -2.12. The van der Waals surface area contributed by atoms with Crippen LogP contribution in [0.5, 0.6) is 0 Å². The molecule has 1 aliphatic rings. The van der Waals surface area contributed by atoms with E-state index in [4.69, 9.17) is 0 Å². The summed E-state index contributed by atoms with van der Waals surface area (Å²) in [6.45, 7) is 0. The predicted octanol–water partition coefficient (Wildman–Crippen LogP) is 4.17. The molecule has 0 spiro atoms. The molecule has 1 amide bonds. The van der Waals surface area contributed by atoms with Crippen LogP contribution < -0.4 is 5.32 Å². The molecule has 5 nitrogen and oxygen atoms in total. The van der Waals surface area contributed by atoms with Gasteiger partial charge in [0.05, 0.1) is 5.56 Å². The van der Waals surface area contributed by atoms with Crippen LogP contribution >= 0.6 is 0 Å². The van der Waals surface area contributed by atoms with E-state index >= 15 is 0 Å². The molecule has 0 bridgehead atoms. The quantitative estimate of drug-likeness (QED) is 0.681. The summed E-state index contributed by atoms with van der Waals surface area (Å²) in [5, 5.41) is 6.40. The van der Waals surface area contributed by atoms with Crippen LogP contribution in [0.25, 0.3) is 5.69 Å². The zero-order valence-electron chi connectivity index (χ0n) is 14.3. The largest absolute Gasteiger partial charge is 0.416 e. The second-order valence-electron chi connectivity index (χ2n) is 6.53. The number of nitrogens with zero attached hydrogens (tertiary/aromatic N) is 3. The third kappa shape index (κ3) is 3.47. The number of carbonyl (C=O) groups is 1. The lowest BCUT2D eigenvalue weighted by atomic mass is 10.0. The molecular weight excluding hydrogens is 376 g/mol. The highest BCUT2D eigenvalue weighted by molar-refractivity contribution is 5.95. The maximum atomic E-state index is 14.2. The van der Waals surface area contributed by atoms with Crippen molar-refractivity contribution in [1.29, 1.82) is 0 Å². The van der Waals surface area contributed by atoms with Crippen LogP contribution in [0.3, 0.4) is 0 Å². The van der Waals surface area contributed by atoms with E-state index in [9.17, 15) is 22.4 Å². The first kappa shape index (κ1) is 18.1. The van der Waals surface area contributed by atoms with E-state index in [0.717, 1.165) is 12.1 Å². The van der Waals surface area contributed by atoms with Crippen molar-refractivity contribution in [3.63, 3.8) is 0 Å². The summed E-state index contributed by atoms with van der Waals surface area (Å²) in [4.78, 5) is 16.1. The monoisotopic (exact) mass is 390 g/mol. The fraction of sp³-hybridized carbons (Fsp3) is 0.211. The van der Waals surface area contributed by atoms with Gasteiger partial charge < -0.3 is 5.32 Å². The van der Waals surface area contributed by atoms with Gasteiger partial charge in [0, 0.05) is 11.6 Å². The number of rotatable bonds is 4. The Balaban J connectivity index is 1.47. The maximum absolute atomic E-state index is 14.2. The first-order valence-electron chi connectivity index (χ1n) is 8.46. The topological polar surface area (TPSA) is 59.8 Å². The number of carbonyl (C=O) groups excluding carboxylic acids is 1. The average Bonchev–Trinajstić information content (AvgIpc) is 3.27. The van der Waals surface area contributed by atoms with Gasteiger partial charge in [-0.05, 0) is 42.2 Å². The van der Waals surface area contributed by atoms with Crippen LogP contribution in [0.1, 0.15) is 23.5 Å². The Labute approximate surface area is 157 Å². The fourth-order valence-electron chi connectivity index (χ4n) is 3.25. The molecule has 0 unspecified atom stereocenters. The van der Waals surface area contributed by atoms with Crippen molar-refractivity contribution >= 4 is 11.6 Å². The van der Waals surface area contributed by atoms with Crippen molar-refractivity contribution < 1.29 is 22.4 Å². The number of hydrogen-bond donors (Lipinski definition) is 1. The van der Waals surface area contributed by atoms with Crippen LogP contribution in [-0.4, -0.2) is 20.7 Å². The first-order chi connectivity index (χ1) is 13.3. The number of benzene rings is 2. The molecule has 4 rings (SSSR count). The highest BCUT2D eigenvalue weighted by atomic mass is 19.4. The molecule has 1 fully saturated rings. The molecule has 1 heterocycles. The van der Waals surface area contributed by atoms with Gasteiger partial charge in [0.1, 0.15) is 18.3 Å². The van der Waals surface area contributed by atoms with Crippen LogP contribution in [0.15, 0.2) is 55.1 Å². The summed E-state index contributed by atoms with van der Waals surface area (Å²) in [7, 11) is 0. The normalized spacial score (nSPS) is 18.7. The van der Waals surface area contributed by atoms with E-state index in [1.54, 1.807) is 0 Å². The zero-order chi connectivity index (χ0) is 19.9. The smallest absolute Gasteiger partial charge is 0.326 e. The van der Waals surface area contributed by atoms with E-state index in [2.05, 4.69) is 15.4 Å². The van der Waals surface area contributed by atoms with E-state index in [1.165, 1.54) is 47.7 Å². The number of aromatic nitrogens is 3. The maximum Gasteiger partial charge on any atom is 0.416 e. The average molecular weight is 390 g/mol. The van der Waals surface area contributed by atoms with Crippen molar-refractivity contribution in [3.8, 4) is 5.69 Å². The standard InChI is InChI=1S/C19H14F4N4O/c20-16-7-11(5-6-17(16)27-10-24-9-25-27)26-18(28)14-8-13(14)12-3-1-2-4-15(12)19(21,22)23/h1-7,9-10,13-14H,8H2,(H,26,28)/t13-,14-/m0/s1. The summed E-state index contributed by atoms with van der Waals surface area (Å²) < 4.78 is 55.0. The molecule has 1 aliphatic carbocycles. The van der Waals surface area contributed by atoms with Gasteiger partial charge in [0.25, 0.3) is 0 Å². The highest BCUT2D eigenvalue weighted by Crippen LogP contribution is 2.51. The first-order valence-corrected chi connectivity index (χ1v) is 8.46. The van der Waals surface area contributed by atoms with E-state index in [-0.39, 0.29) is 16.9 Å². The Morgan fingerprint density at radius 3 is 2.64 bits per heavy atom. The van der Waals surface area contributed by atoms with Crippen LogP contribution in [0.2, 0.25) is 0 Å². The van der Waals surface area contributed by atoms with Gasteiger partial charge in [-0.2, -0.15) is 18.3 Å². The van der Waals surface area contributed by atoms with Gasteiger partial charge >= 0.3 is 6.18 Å². The van der Waals surface area contributed by atoms with E-state index in [1.807, 2.05) is 0 Å². The highest BCUT2D eigenvalue weighted by Gasteiger charge is 2.47. The third-order valence-corrected chi connectivity index (χ3v) is 4.67. The van der Waals surface area contributed by atoms with Crippen molar-refractivity contribution in [1.82, 2.24) is 14.8 Å². The predicted molar refractivity (Wildman–Crippen MR) is 92.2 cm³/mol. The Bertz CT molecular complexity index is 1020. The lowest BCUT2D eigenvalue weighted by molar-refractivity contribution is -0.138. The molecule has 2 aromatic carbocycles. The molecule has 0 radical (unpaired) electrons. The van der Waals surface area contributed by atoms with Crippen LogP contribution in [0, 0.1) is 11.7 Å². The minimum absolute atomic E-state index is 0.114. The van der Waals surface area contributed by atoms with Crippen molar-refractivity contribution in [2.24, 2.45) is 5.92 Å². The molecule has 9 heteroatoms. The number of anilines is 1. The number of halogens is 4. The molecular formula is C19H14F4N4O. The summed E-state index contributed by atoms with van der Waals surface area (Å²) in [6, 6.07) is 9.32. The summed E-state index contributed by atoms with van der Waals surface area (Å²) in [5.74, 6) is -2.13. The van der Waals surface area contributed by atoms with E-state index in [0.29, 0.717) is 6.42 Å². The third-order valence-electron chi connectivity index (χ3n) is 4.67. The van der Waals surface area contributed by atoms with Crippen molar-refractivity contribution in [2.45, 2.75) is 18.5 Å². The number of nitrogens with one attached hydrogen (secondary N) is 1. The summed E-state index contributed by atoms with van der Waals surface area (Å²) >= 11 is 0. The molecule has 28 heavy (non-hydrogen) atoms. The molecule has 1 N–H and O–H groups in total. The van der Waals surface area contributed by atoms with Crippen LogP contribution in [0.4, 0.5) is 23.2 Å². The van der Waals surface area contributed by atoms with E-state index < -0.39 is 35.3 Å². The van der Waals surface area contributed by atoms with Gasteiger partial charge in [-0.15, -0.1) is 0 Å². The Kier molecular flexibility index (Phi) is 4.37. The van der Waals surface area contributed by atoms with Gasteiger partial charge in [-0.3, -0.25) is 4.79 Å². The second kappa shape index (κ2) is 6.74. The number of amides is 1. The number of hydrogen-bond acceptors (Lipinski definition) is 3. The zero-order valence-corrected chi connectivity index (χ0v) is 14.3. The van der Waals surface area contributed by atoms with Crippen LogP contribution in [-0.2, 0) is 11.0 Å². The molecule has 0 aliphatic heterocycles. The second-order valence-corrected chi connectivity index (χ2v) is 6.53. The minimum atomic E-state index is -4.47. The summed E-state index contributed by atoms with van der Waals surface area (Å²) in [5.41, 5.74) is -0.221. The number of alkyl halides is 3. The Morgan fingerprint density at radius 1 is 1.18 bits per heavy atom. The van der Waals surface area contributed by atoms with Gasteiger partial charge in [-0.25, -0.2) is 14.1 Å². The Hall–Kier alpha value is -3.23. The molecule has 0 saturated heterocycles. The minimum Gasteiger partial charge on any atom is -0.326 e. The van der Waals surface area contributed by atoms with Gasteiger partial charge in [0.15, 0.2) is 5.82 Å². The Morgan fingerprint density at radius 2 is 1.96 bits per heavy atom. The van der Waals surface area contributed by atoms with Crippen molar-refractivity contribution in [2.75, 3.05) is 5.32 Å². The fourth-order valence-corrected chi connectivity index (χ4v) is 3.25. The van der Waals surface area contributed by atoms with Gasteiger partial charge in [0.2, 0.25) is 5.91 Å². The summed E-state index contributed by atoms with van der Waals surface area (Å²) in [6.07, 6.45) is -1.55. The van der Waals surface area contributed by atoms with Gasteiger partial charge in [-0.1, -0.05) is 18.2 Å².